The van der Waals surface area contributed by atoms with Gasteiger partial charge in [-0.2, -0.15) is 0 Å². The highest BCUT2D eigenvalue weighted by Gasteiger charge is 2.12. The van der Waals surface area contributed by atoms with Crippen LogP contribution in [0.25, 0.3) is 11.0 Å². The van der Waals surface area contributed by atoms with Gasteiger partial charge in [-0.3, -0.25) is 4.79 Å². The van der Waals surface area contributed by atoms with Crippen LogP contribution >= 0.6 is 0 Å². The molecule has 0 saturated heterocycles. The summed E-state index contributed by atoms with van der Waals surface area (Å²) in [5.74, 6) is -0.498. The van der Waals surface area contributed by atoms with E-state index in [2.05, 4.69) is 15.5 Å². The van der Waals surface area contributed by atoms with Crippen molar-refractivity contribution < 1.29 is 13.9 Å². The van der Waals surface area contributed by atoms with E-state index in [-0.39, 0.29) is 13.2 Å². The van der Waals surface area contributed by atoms with Gasteiger partial charge in [-0.25, -0.2) is 9.48 Å². The van der Waals surface area contributed by atoms with E-state index >= 15 is 0 Å². The monoisotopic (exact) mass is 314 g/mol. The van der Waals surface area contributed by atoms with Crippen LogP contribution in [0.5, 0.6) is 0 Å². The molecule has 0 amide bonds. The van der Waals surface area contributed by atoms with Gasteiger partial charge in [0.25, 0.3) is 0 Å². The summed E-state index contributed by atoms with van der Waals surface area (Å²) in [7, 11) is 0. The van der Waals surface area contributed by atoms with Crippen LogP contribution in [0.1, 0.15) is 16.7 Å². The van der Waals surface area contributed by atoms with Crippen LogP contribution in [0.2, 0.25) is 0 Å². The summed E-state index contributed by atoms with van der Waals surface area (Å²) >= 11 is 0. The summed E-state index contributed by atoms with van der Waals surface area (Å²) in [6.07, 6.45) is 1.32. The normalized spacial score (nSPS) is 10.9. The first-order valence-corrected chi connectivity index (χ1v) is 6.94. The Bertz CT molecular complexity index is 915. The molecule has 0 fully saturated rings. The third kappa shape index (κ3) is 3.10. The van der Waals surface area contributed by atoms with Crippen molar-refractivity contribution >= 4 is 16.9 Å². The molecule has 0 saturated carbocycles. The van der Waals surface area contributed by atoms with Crippen LogP contribution in [-0.2, 0) is 22.7 Å². The Labute approximate surface area is 130 Å². The van der Waals surface area contributed by atoms with E-state index in [1.165, 1.54) is 17.1 Å². The van der Waals surface area contributed by atoms with Gasteiger partial charge >= 0.3 is 11.6 Å². The van der Waals surface area contributed by atoms with E-state index in [9.17, 15) is 9.59 Å². The van der Waals surface area contributed by atoms with Crippen molar-refractivity contribution in [3.63, 3.8) is 0 Å². The molecule has 0 spiro atoms. The maximum absolute atomic E-state index is 11.8. The summed E-state index contributed by atoms with van der Waals surface area (Å²) < 4.78 is 11.7. The fraction of sp³-hybridized carbons (Fsp3) is 0.267. The minimum absolute atomic E-state index is 0.0223. The fourth-order valence-electron chi connectivity index (χ4n) is 2.23. The molecule has 8 nitrogen and oxygen atoms in total. The van der Waals surface area contributed by atoms with Gasteiger partial charge in [-0.05, 0) is 35.4 Å². The topological polar surface area (TPSA) is 100 Å². The third-order valence-electron chi connectivity index (χ3n) is 3.59. The Balaban J connectivity index is 1.84. The Morgan fingerprint density at radius 3 is 2.91 bits per heavy atom. The summed E-state index contributed by atoms with van der Waals surface area (Å²) in [4.78, 5) is 23.5. The molecule has 2 heterocycles. The van der Waals surface area contributed by atoms with Crippen LogP contribution in [0.15, 0.2) is 33.7 Å². The van der Waals surface area contributed by atoms with E-state index in [1.54, 1.807) is 0 Å². The molecule has 0 N–H and O–H groups in total. The number of benzene rings is 1. The van der Waals surface area contributed by atoms with Gasteiger partial charge in [-0.1, -0.05) is 12.1 Å². The number of hydrogen-bond donors (Lipinski definition) is 0. The standard InChI is InChI=1S/C15H14N4O4/c1-9-3-4-12-11(5-13(20)23-15(12)10(9)2)7-22-14(21)6-19-8-16-17-18-19/h3-5,8H,6-7H2,1-2H3. The highest BCUT2D eigenvalue weighted by atomic mass is 16.5. The van der Waals surface area contributed by atoms with Gasteiger partial charge in [0, 0.05) is 17.0 Å². The molecule has 118 valence electrons. The van der Waals surface area contributed by atoms with E-state index in [4.69, 9.17) is 9.15 Å². The Morgan fingerprint density at radius 1 is 1.35 bits per heavy atom. The van der Waals surface area contributed by atoms with Crippen LogP contribution in [0.4, 0.5) is 0 Å². The first kappa shape index (κ1) is 14.9. The van der Waals surface area contributed by atoms with Crippen LogP contribution < -0.4 is 5.63 Å². The summed E-state index contributed by atoms with van der Waals surface area (Å²) in [6.45, 7) is 3.71. The SMILES string of the molecule is Cc1ccc2c(COC(=O)Cn3cnnn3)cc(=O)oc2c1C. The fourth-order valence-corrected chi connectivity index (χ4v) is 2.23. The molecule has 0 aliphatic heterocycles. The van der Waals surface area contributed by atoms with Crippen LogP contribution in [0, 0.1) is 13.8 Å². The lowest BCUT2D eigenvalue weighted by Crippen LogP contribution is -2.14. The Kier molecular flexibility index (Phi) is 3.88. The van der Waals surface area contributed by atoms with Gasteiger partial charge in [-0.15, -0.1) is 5.10 Å². The second-order valence-electron chi connectivity index (χ2n) is 5.14. The van der Waals surface area contributed by atoms with Crippen molar-refractivity contribution in [3.05, 3.63) is 51.6 Å². The van der Waals surface area contributed by atoms with Crippen molar-refractivity contribution in [1.29, 1.82) is 0 Å². The van der Waals surface area contributed by atoms with Crippen LogP contribution in [-0.4, -0.2) is 26.2 Å². The lowest BCUT2D eigenvalue weighted by Gasteiger charge is -2.09. The predicted molar refractivity (Wildman–Crippen MR) is 79.6 cm³/mol. The largest absolute Gasteiger partial charge is 0.459 e. The number of aromatic nitrogens is 4. The number of tetrazole rings is 1. The molecule has 0 aliphatic rings. The van der Waals surface area contributed by atoms with Crippen molar-refractivity contribution in [1.82, 2.24) is 20.2 Å². The molecular formula is C15H14N4O4. The number of rotatable bonds is 4. The quantitative estimate of drug-likeness (QED) is 0.526. The summed E-state index contributed by atoms with van der Waals surface area (Å²) in [5, 5.41) is 11.2. The molecule has 23 heavy (non-hydrogen) atoms. The van der Waals surface area contributed by atoms with E-state index in [0.717, 1.165) is 16.5 Å². The molecule has 0 radical (unpaired) electrons. The number of aryl methyl sites for hydroxylation is 2. The number of ether oxygens (including phenoxy) is 1. The average Bonchev–Trinajstić information content (AvgIpc) is 3.02. The molecule has 3 rings (SSSR count). The summed E-state index contributed by atoms with van der Waals surface area (Å²) in [5.41, 5.74) is 2.56. The van der Waals surface area contributed by atoms with Crippen LogP contribution in [0.3, 0.4) is 0 Å². The van der Waals surface area contributed by atoms with Crippen molar-refractivity contribution in [2.75, 3.05) is 0 Å². The number of esters is 1. The maximum atomic E-state index is 11.8. The lowest BCUT2D eigenvalue weighted by atomic mass is 10.0. The molecule has 0 bridgehead atoms. The first-order valence-electron chi connectivity index (χ1n) is 6.94. The maximum Gasteiger partial charge on any atom is 0.336 e. The second kappa shape index (κ2) is 5.99. The second-order valence-corrected chi connectivity index (χ2v) is 5.14. The van der Waals surface area contributed by atoms with Gasteiger partial charge in [0.15, 0.2) is 0 Å². The highest BCUT2D eigenvalue weighted by molar-refractivity contribution is 5.84. The smallest absolute Gasteiger partial charge is 0.336 e. The number of fused-ring (bicyclic) bond motifs is 1. The van der Waals surface area contributed by atoms with Gasteiger partial charge in [0.05, 0.1) is 0 Å². The summed E-state index contributed by atoms with van der Waals surface area (Å²) in [6, 6.07) is 5.12. The first-order chi connectivity index (χ1) is 11.0. The Hall–Kier alpha value is -3.03. The number of carbonyl (C=O) groups is 1. The number of hydrogen-bond acceptors (Lipinski definition) is 7. The number of carbonyl (C=O) groups excluding carboxylic acids is 1. The van der Waals surface area contributed by atoms with E-state index in [1.807, 2.05) is 26.0 Å². The van der Waals surface area contributed by atoms with Crippen molar-refractivity contribution in [2.45, 2.75) is 27.0 Å². The molecule has 0 unspecified atom stereocenters. The van der Waals surface area contributed by atoms with E-state index in [0.29, 0.717) is 11.1 Å². The zero-order valence-electron chi connectivity index (χ0n) is 12.6. The molecule has 8 heteroatoms. The molecular weight excluding hydrogens is 300 g/mol. The van der Waals surface area contributed by atoms with E-state index < -0.39 is 11.6 Å². The van der Waals surface area contributed by atoms with Crippen molar-refractivity contribution in [2.24, 2.45) is 0 Å². The number of nitrogens with zero attached hydrogens (tertiary/aromatic N) is 4. The molecule has 2 aromatic heterocycles. The predicted octanol–water partition coefficient (Wildman–Crippen LogP) is 1.14. The zero-order valence-corrected chi connectivity index (χ0v) is 12.6. The zero-order chi connectivity index (χ0) is 16.4. The minimum Gasteiger partial charge on any atom is -0.459 e. The highest BCUT2D eigenvalue weighted by Crippen LogP contribution is 2.23. The average molecular weight is 314 g/mol. The Morgan fingerprint density at radius 2 is 2.17 bits per heavy atom. The molecule has 3 aromatic rings. The van der Waals surface area contributed by atoms with Gasteiger partial charge in [0.1, 0.15) is 25.1 Å². The van der Waals surface area contributed by atoms with Crippen molar-refractivity contribution in [3.8, 4) is 0 Å². The minimum atomic E-state index is -0.498. The van der Waals surface area contributed by atoms with Gasteiger partial charge in [0.2, 0.25) is 0 Å². The lowest BCUT2D eigenvalue weighted by molar-refractivity contribution is -0.145. The molecule has 0 atom stereocenters. The molecule has 1 aromatic carbocycles. The molecule has 0 aliphatic carbocycles. The third-order valence-corrected chi connectivity index (χ3v) is 3.59. The van der Waals surface area contributed by atoms with Gasteiger partial charge < -0.3 is 9.15 Å².